The van der Waals surface area contributed by atoms with Crippen molar-refractivity contribution in [3.63, 3.8) is 0 Å². The Kier molecular flexibility index (Phi) is 6.48. The molecular weight excluding hydrogens is 366 g/mol. The van der Waals surface area contributed by atoms with Crippen molar-refractivity contribution in [2.45, 2.75) is 19.0 Å². The van der Waals surface area contributed by atoms with Gasteiger partial charge in [-0.2, -0.15) is 11.8 Å². The van der Waals surface area contributed by atoms with Gasteiger partial charge in [0.15, 0.2) is 5.69 Å². The van der Waals surface area contributed by atoms with Crippen LogP contribution in [0.5, 0.6) is 0 Å². The number of nitrogens with two attached hydrogens (primary N) is 1. The zero-order valence-electron chi connectivity index (χ0n) is 12.2. The maximum atomic E-state index is 12.0. The number of rotatable bonds is 7. The highest BCUT2D eigenvalue weighted by Gasteiger charge is 2.16. The second-order valence-corrected chi connectivity index (χ2v) is 6.67. The molecule has 0 saturated carbocycles. The SMILES string of the molecule is CSCCC(N)c1nc(C(=O)NCc2ccc(Br)cc2)co1. The molecule has 7 heteroatoms. The molecule has 1 heterocycles. The van der Waals surface area contributed by atoms with Crippen LogP contribution in [0.25, 0.3) is 0 Å². The van der Waals surface area contributed by atoms with Crippen molar-refractivity contribution in [1.82, 2.24) is 10.3 Å². The zero-order chi connectivity index (χ0) is 15.9. The summed E-state index contributed by atoms with van der Waals surface area (Å²) in [5.41, 5.74) is 7.24. The predicted octanol–water partition coefficient (Wildman–Crippen LogP) is 3.12. The number of amides is 1. The molecule has 0 radical (unpaired) electrons. The van der Waals surface area contributed by atoms with Crippen LogP contribution in [0, 0.1) is 0 Å². The maximum absolute atomic E-state index is 12.0. The van der Waals surface area contributed by atoms with Crippen molar-refractivity contribution >= 4 is 33.6 Å². The molecule has 0 aliphatic carbocycles. The van der Waals surface area contributed by atoms with Gasteiger partial charge in [0.05, 0.1) is 6.04 Å². The predicted molar refractivity (Wildman–Crippen MR) is 91.7 cm³/mol. The fourth-order valence-corrected chi connectivity index (χ4v) is 2.56. The summed E-state index contributed by atoms with van der Waals surface area (Å²) < 4.78 is 6.30. The van der Waals surface area contributed by atoms with Gasteiger partial charge in [0.2, 0.25) is 5.89 Å². The lowest BCUT2D eigenvalue weighted by molar-refractivity contribution is 0.0946. The van der Waals surface area contributed by atoms with E-state index in [1.165, 1.54) is 6.26 Å². The molecule has 2 aromatic rings. The molecule has 0 aliphatic heterocycles. The van der Waals surface area contributed by atoms with Crippen LogP contribution in [-0.2, 0) is 6.54 Å². The van der Waals surface area contributed by atoms with E-state index in [0.717, 1.165) is 22.2 Å². The van der Waals surface area contributed by atoms with Gasteiger partial charge in [0.25, 0.3) is 5.91 Å². The topological polar surface area (TPSA) is 81.1 Å². The second kappa shape index (κ2) is 8.36. The van der Waals surface area contributed by atoms with Gasteiger partial charge in [-0.15, -0.1) is 0 Å². The average Bonchev–Trinajstić information content (AvgIpc) is 3.02. The minimum Gasteiger partial charge on any atom is -0.446 e. The molecule has 1 unspecified atom stereocenters. The molecule has 1 aromatic carbocycles. The van der Waals surface area contributed by atoms with Gasteiger partial charge in [0, 0.05) is 11.0 Å². The monoisotopic (exact) mass is 383 g/mol. The van der Waals surface area contributed by atoms with Crippen LogP contribution in [0.3, 0.4) is 0 Å². The van der Waals surface area contributed by atoms with Crippen molar-refractivity contribution in [3.8, 4) is 0 Å². The molecule has 22 heavy (non-hydrogen) atoms. The minimum absolute atomic E-state index is 0.256. The van der Waals surface area contributed by atoms with E-state index in [2.05, 4.69) is 26.2 Å². The Labute approximate surface area is 142 Å². The molecule has 0 fully saturated rings. The fourth-order valence-electron chi connectivity index (χ4n) is 1.81. The number of benzene rings is 1. The third-order valence-electron chi connectivity index (χ3n) is 3.07. The molecule has 2 rings (SSSR count). The number of hydrogen-bond acceptors (Lipinski definition) is 5. The van der Waals surface area contributed by atoms with E-state index in [0.29, 0.717) is 12.4 Å². The van der Waals surface area contributed by atoms with Gasteiger partial charge >= 0.3 is 0 Å². The number of halogens is 1. The first kappa shape index (κ1) is 17.1. The highest BCUT2D eigenvalue weighted by atomic mass is 79.9. The van der Waals surface area contributed by atoms with Gasteiger partial charge < -0.3 is 15.5 Å². The average molecular weight is 384 g/mol. The van der Waals surface area contributed by atoms with Crippen LogP contribution < -0.4 is 11.1 Å². The van der Waals surface area contributed by atoms with Crippen LogP contribution in [0.2, 0.25) is 0 Å². The van der Waals surface area contributed by atoms with Crippen molar-refractivity contribution in [2.24, 2.45) is 5.73 Å². The standard InChI is InChI=1S/C15H18BrN3O2S/c1-22-7-6-12(17)15-19-13(9-21-15)14(20)18-8-10-2-4-11(16)5-3-10/h2-5,9,12H,6-8,17H2,1H3,(H,18,20). The number of nitrogens with one attached hydrogen (secondary N) is 1. The normalized spacial score (nSPS) is 12.1. The van der Waals surface area contributed by atoms with Crippen LogP contribution >= 0.6 is 27.7 Å². The summed E-state index contributed by atoms with van der Waals surface area (Å²) in [5.74, 6) is 1.06. The summed E-state index contributed by atoms with van der Waals surface area (Å²) in [6, 6.07) is 7.47. The first-order valence-electron chi connectivity index (χ1n) is 6.82. The molecule has 118 valence electrons. The van der Waals surface area contributed by atoms with Crippen molar-refractivity contribution in [2.75, 3.05) is 12.0 Å². The molecule has 0 aliphatic rings. The van der Waals surface area contributed by atoms with Gasteiger partial charge in [-0.05, 0) is 36.1 Å². The van der Waals surface area contributed by atoms with Crippen molar-refractivity contribution in [1.29, 1.82) is 0 Å². The van der Waals surface area contributed by atoms with E-state index in [1.54, 1.807) is 11.8 Å². The van der Waals surface area contributed by atoms with E-state index in [-0.39, 0.29) is 17.6 Å². The number of oxazole rings is 1. The largest absolute Gasteiger partial charge is 0.446 e. The summed E-state index contributed by atoms with van der Waals surface area (Å²) >= 11 is 5.09. The Morgan fingerprint density at radius 1 is 1.45 bits per heavy atom. The van der Waals surface area contributed by atoms with Crippen LogP contribution in [-0.4, -0.2) is 22.9 Å². The molecule has 1 atom stereocenters. The Hall–Kier alpha value is -1.31. The van der Waals surface area contributed by atoms with Crippen LogP contribution in [0.15, 0.2) is 39.4 Å². The lowest BCUT2D eigenvalue weighted by Crippen LogP contribution is -2.23. The van der Waals surface area contributed by atoms with E-state index >= 15 is 0 Å². The summed E-state index contributed by atoms with van der Waals surface area (Å²) in [5, 5.41) is 2.81. The first-order valence-corrected chi connectivity index (χ1v) is 9.01. The molecular formula is C15H18BrN3O2S. The van der Waals surface area contributed by atoms with Gasteiger partial charge in [-0.3, -0.25) is 4.79 Å². The number of aromatic nitrogens is 1. The van der Waals surface area contributed by atoms with Gasteiger partial charge in [0.1, 0.15) is 6.26 Å². The smallest absolute Gasteiger partial charge is 0.273 e. The summed E-state index contributed by atoms with van der Waals surface area (Å²) in [4.78, 5) is 16.2. The Balaban J connectivity index is 1.90. The molecule has 1 aromatic heterocycles. The van der Waals surface area contributed by atoms with Crippen LogP contribution in [0.1, 0.15) is 34.4 Å². The molecule has 5 nitrogen and oxygen atoms in total. The number of carbonyl (C=O) groups is 1. The molecule has 0 bridgehead atoms. The number of carbonyl (C=O) groups excluding carboxylic acids is 1. The summed E-state index contributed by atoms with van der Waals surface area (Å²) in [6.45, 7) is 0.437. The van der Waals surface area contributed by atoms with Crippen LogP contribution in [0.4, 0.5) is 0 Å². The molecule has 0 saturated heterocycles. The molecule has 1 amide bonds. The number of hydrogen-bond donors (Lipinski definition) is 2. The molecule has 0 spiro atoms. The first-order chi connectivity index (χ1) is 10.6. The van der Waals surface area contributed by atoms with Gasteiger partial charge in [-0.1, -0.05) is 28.1 Å². The number of nitrogens with zero attached hydrogens (tertiary/aromatic N) is 1. The summed E-state index contributed by atoms with van der Waals surface area (Å²) in [6.07, 6.45) is 4.14. The van der Waals surface area contributed by atoms with Gasteiger partial charge in [-0.25, -0.2) is 4.98 Å². The lowest BCUT2D eigenvalue weighted by atomic mass is 10.2. The van der Waals surface area contributed by atoms with E-state index in [9.17, 15) is 4.79 Å². The minimum atomic E-state index is -0.277. The lowest BCUT2D eigenvalue weighted by Gasteiger charge is -2.05. The quantitative estimate of drug-likeness (QED) is 0.767. The molecule has 3 N–H and O–H groups in total. The Morgan fingerprint density at radius 2 is 2.18 bits per heavy atom. The number of thioether (sulfide) groups is 1. The van der Waals surface area contributed by atoms with Crippen molar-refractivity contribution < 1.29 is 9.21 Å². The third-order valence-corrected chi connectivity index (χ3v) is 4.24. The Morgan fingerprint density at radius 3 is 2.86 bits per heavy atom. The van der Waals surface area contributed by atoms with E-state index in [1.807, 2.05) is 30.5 Å². The zero-order valence-corrected chi connectivity index (χ0v) is 14.6. The van der Waals surface area contributed by atoms with E-state index in [4.69, 9.17) is 10.2 Å². The third kappa shape index (κ3) is 4.86. The second-order valence-electron chi connectivity index (χ2n) is 4.77. The fraction of sp³-hybridized carbons (Fsp3) is 0.333. The maximum Gasteiger partial charge on any atom is 0.273 e. The Bertz CT molecular complexity index is 616. The van der Waals surface area contributed by atoms with Crippen molar-refractivity contribution in [3.05, 3.63) is 52.1 Å². The summed E-state index contributed by atoms with van der Waals surface area (Å²) in [7, 11) is 0. The highest BCUT2D eigenvalue weighted by Crippen LogP contribution is 2.16. The van der Waals surface area contributed by atoms with E-state index < -0.39 is 0 Å². The highest BCUT2D eigenvalue weighted by molar-refractivity contribution is 9.10.